The molecule has 0 aromatic heterocycles. The minimum atomic E-state index is 0.0821. The van der Waals surface area contributed by atoms with Crippen LogP contribution in [0, 0.1) is 0 Å². The second-order valence-corrected chi connectivity index (χ2v) is 1.98. The molecule has 0 bridgehead atoms. The van der Waals surface area contributed by atoms with Crippen LogP contribution in [0.2, 0.25) is 0 Å². The normalized spacial score (nSPS) is 22.8. The Balaban J connectivity index is 0.000000371. The number of hydrogen-bond donors (Lipinski definition) is 3. The Kier molecular flexibility index (Phi) is 4.76. The lowest BCUT2D eigenvalue weighted by molar-refractivity contribution is 0.537. The summed E-state index contributed by atoms with van der Waals surface area (Å²) in [4.78, 5) is 0. The highest BCUT2D eigenvalue weighted by Gasteiger charge is 2.02. The van der Waals surface area contributed by atoms with Gasteiger partial charge in [0.1, 0.15) is 0 Å². The van der Waals surface area contributed by atoms with Gasteiger partial charge in [0.15, 0.2) is 0 Å². The van der Waals surface area contributed by atoms with Gasteiger partial charge in [-0.1, -0.05) is 13.8 Å². The van der Waals surface area contributed by atoms with Crippen LogP contribution < -0.4 is 16.4 Å². The Morgan fingerprint density at radius 3 is 2.50 bits per heavy atom. The fourth-order valence-electron chi connectivity index (χ4n) is 0.613. The minimum absolute atomic E-state index is 0.0821. The molecular weight excluding hydrogens is 126 g/mol. The standard InChI is InChI=1S/C5H11N3.C2H6/c1-4-2-8-5(6)3-7-4;1-2/h2,5,7-8H,3,6H2,1H3;1-2H3. The summed E-state index contributed by atoms with van der Waals surface area (Å²) in [5.41, 5.74) is 6.62. The van der Waals surface area contributed by atoms with Gasteiger partial charge in [0.25, 0.3) is 0 Å². The topological polar surface area (TPSA) is 50.1 Å². The Morgan fingerprint density at radius 2 is 2.20 bits per heavy atom. The summed E-state index contributed by atoms with van der Waals surface area (Å²) in [5.74, 6) is 0. The van der Waals surface area contributed by atoms with E-state index in [-0.39, 0.29) is 6.17 Å². The van der Waals surface area contributed by atoms with Crippen LogP contribution in [0.5, 0.6) is 0 Å². The molecule has 0 saturated carbocycles. The molecule has 3 nitrogen and oxygen atoms in total. The van der Waals surface area contributed by atoms with Crippen molar-refractivity contribution in [3.8, 4) is 0 Å². The van der Waals surface area contributed by atoms with Crippen LogP contribution >= 0.6 is 0 Å². The van der Waals surface area contributed by atoms with E-state index in [4.69, 9.17) is 5.73 Å². The lowest BCUT2D eigenvalue weighted by Gasteiger charge is -2.19. The first-order valence-corrected chi connectivity index (χ1v) is 3.71. The molecule has 0 amide bonds. The van der Waals surface area contributed by atoms with Crippen LogP contribution in [0.4, 0.5) is 0 Å². The van der Waals surface area contributed by atoms with Crippen LogP contribution in [0.1, 0.15) is 20.8 Å². The Labute approximate surface area is 62.7 Å². The van der Waals surface area contributed by atoms with Gasteiger partial charge in [-0.2, -0.15) is 0 Å². The molecule has 10 heavy (non-hydrogen) atoms. The molecule has 0 spiro atoms. The molecule has 3 heteroatoms. The van der Waals surface area contributed by atoms with Gasteiger partial charge >= 0.3 is 0 Å². The van der Waals surface area contributed by atoms with E-state index in [0.29, 0.717) is 0 Å². The van der Waals surface area contributed by atoms with Crippen molar-refractivity contribution in [3.63, 3.8) is 0 Å². The molecule has 1 atom stereocenters. The molecule has 60 valence electrons. The van der Waals surface area contributed by atoms with Crippen molar-refractivity contribution in [2.24, 2.45) is 5.73 Å². The van der Waals surface area contributed by atoms with Crippen LogP contribution in [-0.4, -0.2) is 12.7 Å². The molecule has 4 N–H and O–H groups in total. The van der Waals surface area contributed by atoms with E-state index in [0.717, 1.165) is 12.2 Å². The van der Waals surface area contributed by atoms with Crippen molar-refractivity contribution in [2.75, 3.05) is 6.54 Å². The maximum Gasteiger partial charge on any atom is 0.0916 e. The van der Waals surface area contributed by atoms with E-state index in [2.05, 4.69) is 10.6 Å². The van der Waals surface area contributed by atoms with Crippen LogP contribution in [-0.2, 0) is 0 Å². The zero-order valence-corrected chi connectivity index (χ0v) is 6.94. The van der Waals surface area contributed by atoms with Crippen LogP contribution in [0.15, 0.2) is 11.9 Å². The van der Waals surface area contributed by atoms with E-state index in [1.165, 1.54) is 0 Å². The fraction of sp³-hybridized carbons (Fsp3) is 0.714. The highest BCUT2D eigenvalue weighted by molar-refractivity contribution is 4.99. The minimum Gasteiger partial charge on any atom is -0.384 e. The van der Waals surface area contributed by atoms with Crippen LogP contribution in [0.25, 0.3) is 0 Å². The zero-order chi connectivity index (χ0) is 7.98. The Hall–Kier alpha value is -0.700. The molecule has 1 heterocycles. The van der Waals surface area contributed by atoms with Crippen LogP contribution in [0.3, 0.4) is 0 Å². The second kappa shape index (κ2) is 5.11. The summed E-state index contributed by atoms with van der Waals surface area (Å²) in [7, 11) is 0. The molecule has 0 saturated heterocycles. The second-order valence-electron chi connectivity index (χ2n) is 1.98. The summed E-state index contributed by atoms with van der Waals surface area (Å²) in [5, 5.41) is 6.09. The third kappa shape index (κ3) is 3.35. The zero-order valence-electron chi connectivity index (χ0n) is 6.94. The first-order chi connectivity index (χ1) is 4.79. The highest BCUT2D eigenvalue weighted by atomic mass is 15.1. The van der Waals surface area contributed by atoms with Gasteiger partial charge in [-0.3, -0.25) is 0 Å². The van der Waals surface area contributed by atoms with Gasteiger partial charge in [0.2, 0.25) is 0 Å². The number of hydrogen-bond acceptors (Lipinski definition) is 3. The molecule has 0 aliphatic carbocycles. The van der Waals surface area contributed by atoms with Gasteiger partial charge in [-0.05, 0) is 6.92 Å². The lowest BCUT2D eigenvalue weighted by Crippen LogP contribution is -2.46. The van der Waals surface area contributed by atoms with Crippen molar-refractivity contribution in [1.82, 2.24) is 10.6 Å². The van der Waals surface area contributed by atoms with E-state index < -0.39 is 0 Å². The number of nitrogens with two attached hydrogens (primary N) is 1. The summed E-state index contributed by atoms with van der Waals surface area (Å²) in [6, 6.07) is 0. The van der Waals surface area contributed by atoms with E-state index in [1.807, 2.05) is 27.0 Å². The smallest absolute Gasteiger partial charge is 0.0916 e. The van der Waals surface area contributed by atoms with Gasteiger partial charge in [-0.15, -0.1) is 0 Å². The van der Waals surface area contributed by atoms with Crippen molar-refractivity contribution in [2.45, 2.75) is 26.9 Å². The van der Waals surface area contributed by atoms with E-state index >= 15 is 0 Å². The van der Waals surface area contributed by atoms with Crippen molar-refractivity contribution in [1.29, 1.82) is 0 Å². The van der Waals surface area contributed by atoms with Gasteiger partial charge in [-0.25, -0.2) is 0 Å². The van der Waals surface area contributed by atoms with E-state index in [1.54, 1.807) is 0 Å². The largest absolute Gasteiger partial charge is 0.384 e. The van der Waals surface area contributed by atoms with Gasteiger partial charge in [0.05, 0.1) is 6.17 Å². The van der Waals surface area contributed by atoms with Gasteiger partial charge < -0.3 is 16.4 Å². The summed E-state index contributed by atoms with van der Waals surface area (Å²) in [6.45, 7) is 6.82. The molecule has 0 radical (unpaired) electrons. The molecule has 1 aliphatic rings. The molecule has 1 unspecified atom stereocenters. The van der Waals surface area contributed by atoms with Crippen molar-refractivity contribution < 1.29 is 0 Å². The average Bonchev–Trinajstić information content (AvgIpc) is 2.00. The molecule has 0 fully saturated rings. The summed E-state index contributed by atoms with van der Waals surface area (Å²) in [6.07, 6.45) is 1.97. The SMILES string of the molecule is CC.CC1=CNC(N)CN1. The molecule has 0 aromatic rings. The summed E-state index contributed by atoms with van der Waals surface area (Å²) >= 11 is 0. The number of rotatable bonds is 0. The monoisotopic (exact) mass is 143 g/mol. The summed E-state index contributed by atoms with van der Waals surface area (Å²) < 4.78 is 0. The van der Waals surface area contributed by atoms with Gasteiger partial charge in [0, 0.05) is 18.4 Å². The predicted molar refractivity (Wildman–Crippen MR) is 44.2 cm³/mol. The fourth-order valence-corrected chi connectivity index (χ4v) is 0.613. The first kappa shape index (κ1) is 9.30. The highest BCUT2D eigenvalue weighted by Crippen LogP contribution is 1.88. The molecule has 1 aliphatic heterocycles. The van der Waals surface area contributed by atoms with Crippen molar-refractivity contribution >= 4 is 0 Å². The maximum atomic E-state index is 5.48. The Bertz CT molecular complexity index is 109. The maximum absolute atomic E-state index is 5.48. The lowest BCUT2D eigenvalue weighted by atomic mass is 10.4. The number of nitrogens with one attached hydrogen (secondary N) is 2. The third-order valence-electron chi connectivity index (χ3n) is 1.11. The molecule has 0 aromatic carbocycles. The third-order valence-corrected chi connectivity index (χ3v) is 1.11. The average molecular weight is 143 g/mol. The Morgan fingerprint density at radius 1 is 1.60 bits per heavy atom. The number of allylic oxidation sites excluding steroid dienone is 1. The quantitative estimate of drug-likeness (QED) is 0.458. The molecule has 1 rings (SSSR count). The van der Waals surface area contributed by atoms with Crippen molar-refractivity contribution in [3.05, 3.63) is 11.9 Å². The van der Waals surface area contributed by atoms with E-state index in [9.17, 15) is 0 Å². The first-order valence-electron chi connectivity index (χ1n) is 3.71. The predicted octanol–water partition coefficient (Wildman–Crippen LogP) is 0.352. The molecular formula is C7H17N3.